The molecule has 0 bridgehead atoms. The van der Waals surface area contributed by atoms with Gasteiger partial charge in [-0.1, -0.05) is 24.2 Å². The van der Waals surface area contributed by atoms with Crippen molar-refractivity contribution in [2.75, 3.05) is 11.9 Å². The Bertz CT molecular complexity index is 333. The van der Waals surface area contributed by atoms with Gasteiger partial charge in [-0.3, -0.25) is 0 Å². The van der Waals surface area contributed by atoms with Crippen molar-refractivity contribution in [3.8, 4) is 0 Å². The number of aliphatic hydroxyl groups is 1. The fourth-order valence-corrected chi connectivity index (χ4v) is 3.13. The summed E-state index contributed by atoms with van der Waals surface area (Å²) in [6.07, 6.45) is 4.02. The van der Waals surface area contributed by atoms with Gasteiger partial charge in [0.1, 0.15) is 0 Å². The minimum Gasteiger partial charge on any atom is -0.391 e. The van der Waals surface area contributed by atoms with Crippen molar-refractivity contribution in [2.45, 2.75) is 37.8 Å². The highest BCUT2D eigenvalue weighted by atomic mass is 79.9. The van der Waals surface area contributed by atoms with Gasteiger partial charge >= 0.3 is 0 Å². The maximum atomic E-state index is 9.91. The lowest BCUT2D eigenvalue weighted by molar-refractivity contribution is 0.106. The Morgan fingerprint density at radius 1 is 1.40 bits per heavy atom. The molecule has 2 atom stereocenters. The first-order valence-corrected chi connectivity index (χ1v) is 6.69. The Balaban J connectivity index is 2.09. The second kappa shape index (κ2) is 4.76. The van der Waals surface area contributed by atoms with Crippen LogP contribution in [-0.4, -0.2) is 34.5 Å². The molecule has 1 N–H and O–H groups in total. The van der Waals surface area contributed by atoms with Crippen LogP contribution < -0.4 is 4.90 Å². The first-order valence-electron chi connectivity index (χ1n) is 5.08. The molecule has 2 unspecified atom stereocenters. The largest absolute Gasteiger partial charge is 0.391 e. The Labute approximate surface area is 101 Å². The van der Waals surface area contributed by atoms with Crippen LogP contribution in [0.3, 0.4) is 0 Å². The fourth-order valence-electron chi connectivity index (χ4n) is 2.03. The van der Waals surface area contributed by atoms with Crippen LogP contribution in [0.4, 0.5) is 5.13 Å². The fraction of sp³-hybridized carbons (Fsp3) is 0.778. The number of hydrogen-bond acceptors (Lipinski definition) is 5. The molecule has 0 aromatic carbocycles. The van der Waals surface area contributed by atoms with Crippen molar-refractivity contribution in [3.05, 3.63) is 3.92 Å². The van der Waals surface area contributed by atoms with Crippen LogP contribution in [0.2, 0.25) is 0 Å². The van der Waals surface area contributed by atoms with Gasteiger partial charge in [-0.25, -0.2) is 0 Å². The molecule has 1 aliphatic carbocycles. The molecule has 1 saturated carbocycles. The number of anilines is 1. The van der Waals surface area contributed by atoms with Gasteiger partial charge in [-0.2, -0.15) is 0 Å². The van der Waals surface area contributed by atoms with Crippen molar-refractivity contribution in [2.24, 2.45) is 0 Å². The summed E-state index contributed by atoms with van der Waals surface area (Å²) >= 11 is 4.80. The first-order chi connectivity index (χ1) is 7.18. The molecule has 84 valence electrons. The molecule has 0 radical (unpaired) electrons. The number of aromatic nitrogens is 2. The zero-order valence-corrected chi connectivity index (χ0v) is 11.0. The Morgan fingerprint density at radius 3 is 2.73 bits per heavy atom. The van der Waals surface area contributed by atoms with Crippen LogP contribution in [0, 0.1) is 0 Å². The Morgan fingerprint density at radius 2 is 2.13 bits per heavy atom. The van der Waals surface area contributed by atoms with E-state index in [2.05, 4.69) is 26.1 Å². The van der Waals surface area contributed by atoms with E-state index < -0.39 is 0 Å². The van der Waals surface area contributed by atoms with Crippen molar-refractivity contribution in [1.29, 1.82) is 0 Å². The highest BCUT2D eigenvalue weighted by Crippen LogP contribution is 2.29. The van der Waals surface area contributed by atoms with Crippen LogP contribution in [-0.2, 0) is 0 Å². The van der Waals surface area contributed by atoms with E-state index >= 15 is 0 Å². The second-order valence-electron chi connectivity index (χ2n) is 3.87. The van der Waals surface area contributed by atoms with Crippen LogP contribution >= 0.6 is 27.3 Å². The summed E-state index contributed by atoms with van der Waals surface area (Å²) in [4.78, 5) is 2.05. The molecule has 0 saturated heterocycles. The predicted molar refractivity (Wildman–Crippen MR) is 64.3 cm³/mol. The van der Waals surface area contributed by atoms with Gasteiger partial charge in [-0.15, -0.1) is 10.2 Å². The molecule has 15 heavy (non-hydrogen) atoms. The lowest BCUT2D eigenvalue weighted by atomic mass is 9.92. The van der Waals surface area contributed by atoms with Gasteiger partial charge in [0, 0.05) is 7.05 Å². The molecule has 6 heteroatoms. The average molecular weight is 292 g/mol. The van der Waals surface area contributed by atoms with E-state index in [1.54, 1.807) is 0 Å². The molecule has 0 amide bonds. The highest BCUT2D eigenvalue weighted by Gasteiger charge is 2.28. The van der Waals surface area contributed by atoms with E-state index in [-0.39, 0.29) is 12.1 Å². The summed E-state index contributed by atoms with van der Waals surface area (Å²) in [7, 11) is 1.98. The van der Waals surface area contributed by atoms with Gasteiger partial charge in [0.25, 0.3) is 0 Å². The Kier molecular flexibility index (Phi) is 3.58. The van der Waals surface area contributed by atoms with E-state index in [4.69, 9.17) is 0 Å². The smallest absolute Gasteiger partial charge is 0.209 e. The van der Waals surface area contributed by atoms with Crippen molar-refractivity contribution in [1.82, 2.24) is 10.2 Å². The van der Waals surface area contributed by atoms with Gasteiger partial charge in [0.2, 0.25) is 5.13 Å². The van der Waals surface area contributed by atoms with Crippen LogP contribution in [0.5, 0.6) is 0 Å². The molecular formula is C9H14BrN3OS. The lowest BCUT2D eigenvalue weighted by Crippen LogP contribution is -2.43. The highest BCUT2D eigenvalue weighted by molar-refractivity contribution is 9.11. The SMILES string of the molecule is CN(c1nnc(Br)s1)C1CCCCC1O. The maximum Gasteiger partial charge on any atom is 0.209 e. The third-order valence-corrected chi connectivity index (χ3v) is 4.33. The number of hydrogen-bond donors (Lipinski definition) is 1. The summed E-state index contributed by atoms with van der Waals surface area (Å²) in [5, 5.41) is 18.8. The normalized spacial score (nSPS) is 26.6. The number of likely N-dealkylation sites (N-methyl/N-ethyl adjacent to an activating group) is 1. The zero-order chi connectivity index (χ0) is 10.8. The molecule has 1 aliphatic rings. The standard InChI is InChI=1S/C9H14BrN3OS/c1-13(9-12-11-8(10)15-9)6-4-2-3-5-7(6)14/h6-7,14H,2-5H2,1H3. The Hall–Kier alpha value is -0.200. The third kappa shape index (κ3) is 2.49. The van der Waals surface area contributed by atoms with Gasteiger partial charge < -0.3 is 10.0 Å². The molecular weight excluding hydrogens is 278 g/mol. The van der Waals surface area contributed by atoms with Crippen LogP contribution in [0.15, 0.2) is 3.92 Å². The van der Waals surface area contributed by atoms with E-state index in [9.17, 15) is 5.11 Å². The van der Waals surface area contributed by atoms with E-state index in [0.29, 0.717) is 0 Å². The summed E-state index contributed by atoms with van der Waals surface area (Å²) in [5.74, 6) is 0. The van der Waals surface area contributed by atoms with E-state index in [1.807, 2.05) is 11.9 Å². The molecule has 1 fully saturated rings. The second-order valence-corrected chi connectivity index (χ2v) is 6.10. The first kappa shape index (κ1) is 11.3. The number of halogens is 1. The summed E-state index contributed by atoms with van der Waals surface area (Å²) in [6.45, 7) is 0. The third-order valence-electron chi connectivity index (χ3n) is 2.88. The van der Waals surface area contributed by atoms with Gasteiger partial charge in [0.05, 0.1) is 12.1 Å². The summed E-state index contributed by atoms with van der Waals surface area (Å²) in [6, 6.07) is 0.193. The minimum absolute atomic E-state index is 0.193. The van der Waals surface area contributed by atoms with Crippen LogP contribution in [0.1, 0.15) is 25.7 Å². The monoisotopic (exact) mass is 291 g/mol. The van der Waals surface area contributed by atoms with Crippen molar-refractivity contribution >= 4 is 32.4 Å². The van der Waals surface area contributed by atoms with Gasteiger partial charge in [-0.05, 0) is 28.8 Å². The average Bonchev–Trinajstić information content (AvgIpc) is 2.65. The quantitative estimate of drug-likeness (QED) is 0.906. The number of aliphatic hydroxyl groups excluding tert-OH is 1. The predicted octanol–water partition coefficient (Wildman–Crippen LogP) is 2.04. The number of rotatable bonds is 2. The van der Waals surface area contributed by atoms with E-state index in [0.717, 1.165) is 28.3 Å². The lowest BCUT2D eigenvalue weighted by Gasteiger charge is -2.34. The molecule has 2 rings (SSSR count). The molecule has 4 nitrogen and oxygen atoms in total. The van der Waals surface area contributed by atoms with E-state index in [1.165, 1.54) is 17.8 Å². The van der Waals surface area contributed by atoms with Crippen molar-refractivity contribution in [3.63, 3.8) is 0 Å². The molecule has 1 aromatic heterocycles. The summed E-state index contributed by atoms with van der Waals surface area (Å²) in [5.41, 5.74) is 0. The van der Waals surface area contributed by atoms with Gasteiger partial charge in [0.15, 0.2) is 3.92 Å². The van der Waals surface area contributed by atoms with Crippen LogP contribution in [0.25, 0.3) is 0 Å². The molecule has 1 heterocycles. The maximum absolute atomic E-state index is 9.91. The summed E-state index contributed by atoms with van der Waals surface area (Å²) < 4.78 is 0.787. The molecule has 0 aliphatic heterocycles. The molecule has 1 aromatic rings. The zero-order valence-electron chi connectivity index (χ0n) is 8.56. The molecule has 0 spiro atoms. The topological polar surface area (TPSA) is 49.2 Å². The van der Waals surface area contributed by atoms with Crippen molar-refractivity contribution < 1.29 is 5.11 Å². The number of nitrogens with zero attached hydrogens (tertiary/aromatic N) is 3. The minimum atomic E-state index is -0.230.